The van der Waals surface area contributed by atoms with Crippen molar-refractivity contribution >= 4 is 29.6 Å². The van der Waals surface area contributed by atoms with Crippen LogP contribution in [0.5, 0.6) is 5.88 Å². The van der Waals surface area contributed by atoms with Crippen LogP contribution in [0.1, 0.15) is 16.8 Å². The molecule has 31 heavy (non-hydrogen) atoms. The molecule has 0 radical (unpaired) electrons. The summed E-state index contributed by atoms with van der Waals surface area (Å²) in [7, 11) is 1.64. The molecule has 1 aliphatic rings. The summed E-state index contributed by atoms with van der Waals surface area (Å²) >= 11 is 1.64. The number of nitrogens with two attached hydrogens (primary N) is 1. The Balaban J connectivity index is 1.53. The molecule has 0 atom stereocenters. The molecule has 0 saturated carbocycles. The third-order valence-corrected chi connectivity index (χ3v) is 6.10. The molecule has 2 aromatic carbocycles. The monoisotopic (exact) mass is 434 g/mol. The number of aryl methyl sites for hydroxylation is 1. The second-order valence-electron chi connectivity index (χ2n) is 7.10. The molecule has 3 aromatic rings. The maximum absolute atomic E-state index is 10.7. The highest BCUT2D eigenvalue weighted by Crippen LogP contribution is 2.39. The Morgan fingerprint density at radius 1 is 1.19 bits per heavy atom. The van der Waals surface area contributed by atoms with Crippen LogP contribution in [0.4, 0.5) is 10.5 Å². The molecule has 0 saturated heterocycles. The summed E-state index contributed by atoms with van der Waals surface area (Å²) < 4.78 is 7.73. The average Bonchev–Trinajstić information content (AvgIpc) is 3.15. The second kappa shape index (κ2) is 8.69. The third-order valence-electron chi connectivity index (χ3n) is 5.02. The molecule has 2 heterocycles. The van der Waals surface area contributed by atoms with Crippen LogP contribution in [-0.2, 0) is 6.42 Å². The van der Waals surface area contributed by atoms with E-state index in [4.69, 9.17) is 15.6 Å². The van der Waals surface area contributed by atoms with Gasteiger partial charge in [0.05, 0.1) is 12.8 Å². The quantitative estimate of drug-likeness (QED) is 0.346. The minimum absolute atomic E-state index is 0.0101. The van der Waals surface area contributed by atoms with Crippen molar-refractivity contribution in [3.63, 3.8) is 0 Å². The molecule has 158 valence electrons. The highest BCUT2D eigenvalue weighted by molar-refractivity contribution is 8.00. The molecular formula is C23H22N4O3S. The molecule has 1 aliphatic heterocycles. The number of hydrogen-bond acceptors (Lipinski definition) is 5. The Labute approximate surface area is 184 Å². The number of fused-ring (bicyclic) bond motifs is 1. The molecule has 1 aromatic heterocycles. The number of carbonyl (C=O) groups is 1. The van der Waals surface area contributed by atoms with Crippen molar-refractivity contribution in [2.24, 2.45) is 10.7 Å². The fourth-order valence-electron chi connectivity index (χ4n) is 3.52. The van der Waals surface area contributed by atoms with Gasteiger partial charge >= 0.3 is 6.09 Å². The van der Waals surface area contributed by atoms with Crippen molar-refractivity contribution in [2.45, 2.75) is 18.2 Å². The topological polar surface area (TPSA) is 101 Å². The van der Waals surface area contributed by atoms with E-state index in [2.05, 4.69) is 32.5 Å². The maximum atomic E-state index is 10.7. The summed E-state index contributed by atoms with van der Waals surface area (Å²) in [5, 5.41) is 8.73. The summed E-state index contributed by atoms with van der Waals surface area (Å²) in [5.74, 6) is 0.624. The maximum Gasteiger partial charge on any atom is 0.433 e. The van der Waals surface area contributed by atoms with Crippen molar-refractivity contribution in [1.29, 1.82) is 0 Å². The van der Waals surface area contributed by atoms with E-state index in [0.29, 0.717) is 11.4 Å². The number of hydrogen-bond donors (Lipinski definition) is 2. The SMILES string of the molecule is COc1nc(C)ccc1-c1ccc2c(c1)CCN2Sc1ccc(/C(N)=N/C(=O)O)cc1. The van der Waals surface area contributed by atoms with Gasteiger partial charge in [0, 0.05) is 28.3 Å². The fourth-order valence-corrected chi connectivity index (χ4v) is 4.49. The Morgan fingerprint density at radius 2 is 1.97 bits per heavy atom. The predicted molar refractivity (Wildman–Crippen MR) is 123 cm³/mol. The molecule has 0 unspecified atom stereocenters. The number of amides is 1. The lowest BCUT2D eigenvalue weighted by atomic mass is 10.0. The molecular weight excluding hydrogens is 412 g/mol. The number of carboxylic acid groups (broad SMARTS) is 1. The molecule has 0 spiro atoms. The third kappa shape index (κ3) is 4.49. The number of nitrogens with zero attached hydrogens (tertiary/aromatic N) is 3. The summed E-state index contributed by atoms with van der Waals surface area (Å²) in [6.07, 6.45) is -0.350. The van der Waals surface area contributed by atoms with Gasteiger partial charge in [-0.2, -0.15) is 4.99 Å². The van der Waals surface area contributed by atoms with E-state index < -0.39 is 6.09 Å². The Hall–Kier alpha value is -3.52. The van der Waals surface area contributed by atoms with Gasteiger partial charge in [0.15, 0.2) is 0 Å². The zero-order valence-corrected chi connectivity index (χ0v) is 18.0. The first-order valence-electron chi connectivity index (χ1n) is 9.72. The van der Waals surface area contributed by atoms with Gasteiger partial charge in [-0.3, -0.25) is 0 Å². The number of benzene rings is 2. The van der Waals surface area contributed by atoms with Crippen LogP contribution in [0.3, 0.4) is 0 Å². The summed E-state index contributed by atoms with van der Waals surface area (Å²) in [5.41, 5.74) is 11.7. The Morgan fingerprint density at radius 3 is 2.68 bits per heavy atom. The normalized spacial score (nSPS) is 13.2. The van der Waals surface area contributed by atoms with Gasteiger partial charge < -0.3 is 19.9 Å². The number of amidine groups is 1. The van der Waals surface area contributed by atoms with E-state index in [0.717, 1.165) is 34.7 Å². The van der Waals surface area contributed by atoms with Crippen molar-refractivity contribution < 1.29 is 14.6 Å². The number of aliphatic imine (C=N–C) groups is 1. The summed E-state index contributed by atoms with van der Waals surface area (Å²) in [4.78, 5) is 19.5. The van der Waals surface area contributed by atoms with Crippen molar-refractivity contribution in [1.82, 2.24) is 4.98 Å². The lowest BCUT2D eigenvalue weighted by Gasteiger charge is -2.18. The molecule has 1 amide bonds. The average molecular weight is 435 g/mol. The van der Waals surface area contributed by atoms with Gasteiger partial charge in [0.2, 0.25) is 5.88 Å². The first-order chi connectivity index (χ1) is 14.9. The van der Waals surface area contributed by atoms with Gasteiger partial charge in [-0.25, -0.2) is 9.78 Å². The summed E-state index contributed by atoms with van der Waals surface area (Å²) in [6.45, 7) is 2.85. The molecule has 3 N–H and O–H groups in total. The van der Waals surface area contributed by atoms with Gasteiger partial charge in [0.25, 0.3) is 0 Å². The van der Waals surface area contributed by atoms with E-state index in [1.54, 1.807) is 31.2 Å². The van der Waals surface area contributed by atoms with Crippen molar-refractivity contribution in [3.05, 3.63) is 71.4 Å². The molecule has 4 rings (SSSR count). The fraction of sp³-hybridized carbons (Fsp3) is 0.174. The van der Waals surface area contributed by atoms with E-state index in [1.807, 2.05) is 31.2 Å². The summed E-state index contributed by atoms with van der Waals surface area (Å²) in [6, 6.07) is 17.9. The first-order valence-corrected chi connectivity index (χ1v) is 10.5. The Bertz CT molecular complexity index is 1160. The predicted octanol–water partition coefficient (Wildman–Crippen LogP) is 4.52. The first kappa shape index (κ1) is 20.7. The smallest absolute Gasteiger partial charge is 0.433 e. The lowest BCUT2D eigenvalue weighted by Crippen LogP contribution is -2.15. The molecule has 8 heteroatoms. The minimum Gasteiger partial charge on any atom is -0.481 e. The highest BCUT2D eigenvalue weighted by atomic mass is 32.2. The van der Waals surface area contributed by atoms with Crippen LogP contribution >= 0.6 is 11.9 Å². The number of methoxy groups -OCH3 is 1. The standard InChI is InChI=1S/C23H22N4O3S/c1-14-3-9-19(22(25-14)30-2)16-6-10-20-17(13-16)11-12-27(20)31-18-7-4-15(5-8-18)21(24)26-23(28)29/h3-10,13H,11-12H2,1-2H3,(H2,24,26)(H,28,29). The largest absolute Gasteiger partial charge is 0.481 e. The van der Waals surface area contributed by atoms with E-state index >= 15 is 0 Å². The molecule has 7 nitrogen and oxygen atoms in total. The number of pyridine rings is 1. The molecule has 0 aliphatic carbocycles. The van der Waals surface area contributed by atoms with Crippen LogP contribution in [-0.4, -0.2) is 35.7 Å². The van der Waals surface area contributed by atoms with Crippen molar-refractivity contribution in [2.75, 3.05) is 18.0 Å². The van der Waals surface area contributed by atoms with Crippen LogP contribution in [0.15, 0.2) is 64.5 Å². The van der Waals surface area contributed by atoms with Gasteiger partial charge in [-0.05, 0) is 72.8 Å². The molecule has 0 bridgehead atoms. The number of rotatable bonds is 5. The highest BCUT2D eigenvalue weighted by Gasteiger charge is 2.21. The van der Waals surface area contributed by atoms with Crippen LogP contribution < -0.4 is 14.8 Å². The van der Waals surface area contributed by atoms with Gasteiger partial charge in [0.1, 0.15) is 5.84 Å². The van der Waals surface area contributed by atoms with Crippen LogP contribution in [0, 0.1) is 6.92 Å². The van der Waals surface area contributed by atoms with Gasteiger partial charge in [-0.15, -0.1) is 0 Å². The number of aromatic nitrogens is 1. The number of ether oxygens (including phenoxy) is 1. The van der Waals surface area contributed by atoms with Crippen molar-refractivity contribution in [3.8, 4) is 17.0 Å². The Kier molecular flexibility index (Phi) is 5.81. The van der Waals surface area contributed by atoms with Crippen LogP contribution in [0.2, 0.25) is 0 Å². The van der Waals surface area contributed by atoms with Gasteiger partial charge in [-0.1, -0.05) is 18.2 Å². The zero-order chi connectivity index (χ0) is 22.0. The molecule has 0 fully saturated rings. The van der Waals surface area contributed by atoms with E-state index in [1.165, 1.54) is 11.3 Å². The second-order valence-corrected chi connectivity index (χ2v) is 8.20. The van der Waals surface area contributed by atoms with Crippen LogP contribution in [0.25, 0.3) is 11.1 Å². The minimum atomic E-state index is -1.30. The van der Waals surface area contributed by atoms with E-state index in [-0.39, 0.29) is 5.84 Å². The zero-order valence-electron chi connectivity index (χ0n) is 17.2. The number of anilines is 1. The van der Waals surface area contributed by atoms with E-state index in [9.17, 15) is 4.79 Å². The lowest BCUT2D eigenvalue weighted by molar-refractivity contribution is 0.205.